The molecular formula is C13H12Br2F3N3. The lowest BCUT2D eigenvalue weighted by Gasteiger charge is -2.20. The molecule has 2 rings (SSSR count). The number of benzene rings is 1. The molecule has 0 aliphatic rings. The molecule has 0 bridgehead atoms. The molecule has 21 heavy (non-hydrogen) atoms. The summed E-state index contributed by atoms with van der Waals surface area (Å²) in [6.45, 7) is 0. The summed E-state index contributed by atoms with van der Waals surface area (Å²) in [5, 5.41) is 7.12. The van der Waals surface area contributed by atoms with Crippen LogP contribution in [0.2, 0.25) is 0 Å². The third-order valence-corrected chi connectivity index (χ3v) is 4.43. The van der Waals surface area contributed by atoms with Crippen molar-refractivity contribution in [2.45, 2.75) is 12.2 Å². The normalized spacial score (nSPS) is 13.5. The molecule has 0 saturated heterocycles. The fourth-order valence-electron chi connectivity index (χ4n) is 2.15. The second-order valence-corrected chi connectivity index (χ2v) is 6.17. The summed E-state index contributed by atoms with van der Waals surface area (Å²) in [4.78, 5) is 0. The van der Waals surface area contributed by atoms with Crippen LogP contribution in [0.5, 0.6) is 0 Å². The highest BCUT2D eigenvalue weighted by atomic mass is 79.9. The molecule has 1 N–H and O–H groups in total. The molecule has 8 heteroatoms. The van der Waals surface area contributed by atoms with E-state index >= 15 is 0 Å². The number of aromatic nitrogens is 2. The first-order chi connectivity index (χ1) is 9.75. The van der Waals surface area contributed by atoms with Crippen LogP contribution in [0.3, 0.4) is 0 Å². The Kier molecular flexibility index (Phi) is 4.79. The van der Waals surface area contributed by atoms with Gasteiger partial charge in [0.25, 0.3) is 0 Å². The van der Waals surface area contributed by atoms with Crippen LogP contribution >= 0.6 is 31.9 Å². The van der Waals surface area contributed by atoms with Crippen LogP contribution in [0, 0.1) is 0 Å². The summed E-state index contributed by atoms with van der Waals surface area (Å²) in [6, 6.07) is 3.80. The van der Waals surface area contributed by atoms with E-state index in [-0.39, 0.29) is 4.47 Å². The lowest BCUT2D eigenvalue weighted by Crippen LogP contribution is -2.21. The first-order valence-corrected chi connectivity index (χ1v) is 7.55. The van der Waals surface area contributed by atoms with E-state index in [4.69, 9.17) is 0 Å². The Bertz CT molecular complexity index is 633. The molecule has 1 aromatic carbocycles. The number of nitrogens with one attached hydrogen (secondary N) is 1. The molecule has 0 aliphatic heterocycles. The molecule has 0 aliphatic carbocycles. The van der Waals surface area contributed by atoms with E-state index < -0.39 is 17.8 Å². The minimum atomic E-state index is -4.41. The van der Waals surface area contributed by atoms with Crippen molar-refractivity contribution in [3.63, 3.8) is 0 Å². The van der Waals surface area contributed by atoms with Gasteiger partial charge in [0.2, 0.25) is 0 Å². The van der Waals surface area contributed by atoms with Crippen LogP contribution in [0.4, 0.5) is 13.2 Å². The monoisotopic (exact) mass is 425 g/mol. The third-order valence-electron chi connectivity index (χ3n) is 3.13. The number of hydrogen-bond acceptors (Lipinski definition) is 2. The minimum absolute atomic E-state index is 0.0256. The van der Waals surface area contributed by atoms with Crippen molar-refractivity contribution < 1.29 is 13.2 Å². The number of alkyl halides is 3. The molecule has 2 aromatic rings. The zero-order valence-corrected chi connectivity index (χ0v) is 14.3. The Balaban J connectivity index is 2.54. The molecule has 1 unspecified atom stereocenters. The molecule has 1 heterocycles. The number of rotatable bonds is 3. The van der Waals surface area contributed by atoms with Gasteiger partial charge in [-0.25, -0.2) is 0 Å². The second-order valence-electron chi connectivity index (χ2n) is 4.46. The Morgan fingerprint density at radius 3 is 2.38 bits per heavy atom. The van der Waals surface area contributed by atoms with Gasteiger partial charge in [0, 0.05) is 11.5 Å². The van der Waals surface area contributed by atoms with Crippen molar-refractivity contribution in [3.8, 4) is 0 Å². The molecule has 0 fully saturated rings. The number of nitrogens with zero attached hydrogens (tertiary/aromatic N) is 2. The number of aryl methyl sites for hydroxylation is 1. The van der Waals surface area contributed by atoms with Crippen LogP contribution < -0.4 is 5.32 Å². The van der Waals surface area contributed by atoms with E-state index in [0.29, 0.717) is 5.56 Å². The topological polar surface area (TPSA) is 29.9 Å². The number of halogens is 5. The van der Waals surface area contributed by atoms with Gasteiger partial charge in [0.1, 0.15) is 0 Å². The van der Waals surface area contributed by atoms with Gasteiger partial charge < -0.3 is 5.32 Å². The van der Waals surface area contributed by atoms with Gasteiger partial charge in [0.15, 0.2) is 0 Å². The third kappa shape index (κ3) is 3.32. The van der Waals surface area contributed by atoms with Gasteiger partial charge in [-0.1, -0.05) is 22.0 Å². The summed E-state index contributed by atoms with van der Waals surface area (Å²) in [6.07, 6.45) is -2.79. The summed E-state index contributed by atoms with van der Waals surface area (Å²) in [7, 11) is 3.44. The van der Waals surface area contributed by atoms with Gasteiger partial charge in [0.05, 0.1) is 28.0 Å². The predicted molar refractivity (Wildman–Crippen MR) is 81.0 cm³/mol. The highest BCUT2D eigenvalue weighted by molar-refractivity contribution is 9.10. The zero-order chi connectivity index (χ0) is 15.8. The molecule has 114 valence electrons. The van der Waals surface area contributed by atoms with E-state index in [1.807, 2.05) is 0 Å². The van der Waals surface area contributed by atoms with Crippen molar-refractivity contribution in [2.75, 3.05) is 7.05 Å². The fourth-order valence-corrected chi connectivity index (χ4v) is 3.19. The van der Waals surface area contributed by atoms with Crippen LogP contribution in [0.15, 0.2) is 33.3 Å². The molecule has 1 atom stereocenters. The van der Waals surface area contributed by atoms with E-state index in [2.05, 4.69) is 42.3 Å². The summed E-state index contributed by atoms with van der Waals surface area (Å²) >= 11 is 6.32. The Hall–Kier alpha value is -0.860. The largest absolute Gasteiger partial charge is 0.417 e. The average molecular weight is 427 g/mol. The zero-order valence-electron chi connectivity index (χ0n) is 11.2. The second kappa shape index (κ2) is 6.10. The van der Waals surface area contributed by atoms with Gasteiger partial charge >= 0.3 is 6.18 Å². The smallest absolute Gasteiger partial charge is 0.308 e. The molecule has 0 saturated carbocycles. The molecule has 0 radical (unpaired) electrons. The molecular weight excluding hydrogens is 415 g/mol. The van der Waals surface area contributed by atoms with Crippen LogP contribution in [-0.2, 0) is 13.2 Å². The van der Waals surface area contributed by atoms with Crippen LogP contribution in [0.25, 0.3) is 0 Å². The highest BCUT2D eigenvalue weighted by Gasteiger charge is 2.34. The van der Waals surface area contributed by atoms with Crippen molar-refractivity contribution >= 4 is 31.9 Å². The maximum absolute atomic E-state index is 13.0. The summed E-state index contributed by atoms with van der Waals surface area (Å²) < 4.78 is 41.4. The van der Waals surface area contributed by atoms with Gasteiger partial charge in [-0.15, -0.1) is 0 Å². The Morgan fingerprint density at radius 1 is 1.24 bits per heavy atom. The van der Waals surface area contributed by atoms with E-state index in [9.17, 15) is 13.2 Å². The Morgan fingerprint density at radius 2 is 1.90 bits per heavy atom. The lowest BCUT2D eigenvalue weighted by atomic mass is 10.0. The first kappa shape index (κ1) is 16.5. The SMILES string of the molecule is CNC(c1ccc(Br)c(C(F)(F)F)c1)c1c(Br)cnn1C. The molecule has 0 amide bonds. The van der Waals surface area contributed by atoms with Crippen molar-refractivity contribution in [1.29, 1.82) is 0 Å². The van der Waals surface area contributed by atoms with Crippen molar-refractivity contribution in [1.82, 2.24) is 15.1 Å². The van der Waals surface area contributed by atoms with E-state index in [1.54, 1.807) is 31.0 Å². The fraction of sp³-hybridized carbons (Fsp3) is 0.308. The van der Waals surface area contributed by atoms with Crippen LogP contribution in [0.1, 0.15) is 22.9 Å². The summed E-state index contributed by atoms with van der Waals surface area (Å²) in [5.74, 6) is 0. The standard InChI is InChI=1S/C13H12Br2F3N3/c1-19-11(12-10(15)6-20-21(12)2)7-3-4-9(14)8(5-7)13(16,17)18/h3-6,11,19H,1-2H3. The lowest BCUT2D eigenvalue weighted by molar-refractivity contribution is -0.138. The van der Waals surface area contributed by atoms with E-state index in [1.165, 1.54) is 6.07 Å². The number of hydrogen-bond donors (Lipinski definition) is 1. The molecule has 1 aromatic heterocycles. The quantitative estimate of drug-likeness (QED) is 0.794. The van der Waals surface area contributed by atoms with Gasteiger partial charge in [-0.3, -0.25) is 4.68 Å². The first-order valence-electron chi connectivity index (χ1n) is 5.97. The minimum Gasteiger partial charge on any atom is -0.308 e. The van der Waals surface area contributed by atoms with E-state index in [0.717, 1.165) is 16.2 Å². The summed E-state index contributed by atoms with van der Waals surface area (Å²) in [5.41, 5.74) is 0.573. The maximum atomic E-state index is 13.0. The predicted octanol–water partition coefficient (Wildman–Crippen LogP) is 4.27. The Labute approximate surface area is 136 Å². The van der Waals surface area contributed by atoms with Crippen molar-refractivity contribution in [2.24, 2.45) is 7.05 Å². The van der Waals surface area contributed by atoms with Crippen LogP contribution in [-0.4, -0.2) is 16.8 Å². The average Bonchev–Trinajstić information content (AvgIpc) is 2.72. The van der Waals surface area contributed by atoms with Gasteiger partial charge in [-0.05, 0) is 40.7 Å². The van der Waals surface area contributed by atoms with Gasteiger partial charge in [-0.2, -0.15) is 18.3 Å². The van der Waals surface area contributed by atoms with Crippen molar-refractivity contribution in [3.05, 3.63) is 50.2 Å². The molecule has 3 nitrogen and oxygen atoms in total. The molecule has 0 spiro atoms. The maximum Gasteiger partial charge on any atom is 0.417 e. The highest BCUT2D eigenvalue weighted by Crippen LogP contribution is 2.37.